The van der Waals surface area contributed by atoms with E-state index in [0.29, 0.717) is 22.2 Å². The second-order valence-corrected chi connectivity index (χ2v) is 4.52. The molecule has 0 radical (unpaired) electrons. The molecule has 0 bridgehead atoms. The van der Waals surface area contributed by atoms with Crippen LogP contribution in [-0.2, 0) is 6.18 Å². The zero-order chi connectivity index (χ0) is 16.1. The highest BCUT2D eigenvalue weighted by molar-refractivity contribution is 5.89. The second-order valence-electron chi connectivity index (χ2n) is 4.52. The van der Waals surface area contributed by atoms with Crippen molar-refractivity contribution in [2.45, 2.75) is 13.1 Å². The quantitative estimate of drug-likeness (QED) is 0.786. The SMILES string of the molecule is Cc1cc2nccc(-n3ncc(C(=O)O)c3C(F)(F)F)c2o1. The van der Waals surface area contributed by atoms with E-state index in [-0.39, 0.29) is 11.3 Å². The van der Waals surface area contributed by atoms with E-state index < -0.39 is 23.4 Å². The molecule has 0 aliphatic rings. The number of halogens is 3. The predicted molar refractivity (Wildman–Crippen MR) is 67.8 cm³/mol. The number of nitrogens with zero attached hydrogens (tertiary/aromatic N) is 3. The van der Waals surface area contributed by atoms with Crippen LogP contribution in [0.2, 0.25) is 0 Å². The molecule has 3 heterocycles. The van der Waals surface area contributed by atoms with E-state index in [4.69, 9.17) is 9.52 Å². The Labute approximate surface area is 120 Å². The first-order valence-corrected chi connectivity index (χ1v) is 6.03. The maximum absolute atomic E-state index is 13.2. The van der Waals surface area contributed by atoms with Gasteiger partial charge in [0, 0.05) is 12.3 Å². The van der Waals surface area contributed by atoms with Crippen LogP contribution in [-0.4, -0.2) is 25.8 Å². The number of alkyl halides is 3. The van der Waals surface area contributed by atoms with Crippen molar-refractivity contribution in [1.29, 1.82) is 0 Å². The number of aryl methyl sites for hydroxylation is 1. The van der Waals surface area contributed by atoms with Crippen LogP contribution in [0.3, 0.4) is 0 Å². The fourth-order valence-electron chi connectivity index (χ4n) is 2.17. The summed E-state index contributed by atoms with van der Waals surface area (Å²) in [5, 5.41) is 12.5. The Hall–Kier alpha value is -2.84. The van der Waals surface area contributed by atoms with Crippen molar-refractivity contribution in [1.82, 2.24) is 14.8 Å². The largest absolute Gasteiger partial charge is 0.478 e. The van der Waals surface area contributed by atoms with Gasteiger partial charge in [-0.05, 0) is 13.0 Å². The number of carbonyl (C=O) groups is 1. The summed E-state index contributed by atoms with van der Waals surface area (Å²) in [6, 6.07) is 2.84. The molecule has 0 saturated heterocycles. The molecule has 9 heteroatoms. The molecule has 22 heavy (non-hydrogen) atoms. The average Bonchev–Trinajstić information content (AvgIpc) is 2.99. The number of carboxylic acid groups (broad SMARTS) is 1. The number of carboxylic acids is 1. The van der Waals surface area contributed by atoms with E-state index in [1.165, 1.54) is 12.3 Å². The molecule has 3 rings (SSSR count). The lowest BCUT2D eigenvalue weighted by molar-refractivity contribution is -0.143. The smallest absolute Gasteiger partial charge is 0.434 e. The van der Waals surface area contributed by atoms with Crippen molar-refractivity contribution in [3.05, 3.63) is 41.5 Å². The number of rotatable bonds is 2. The molecule has 0 unspecified atom stereocenters. The molecule has 0 spiro atoms. The summed E-state index contributed by atoms with van der Waals surface area (Å²) >= 11 is 0. The Kier molecular flexibility index (Phi) is 2.94. The summed E-state index contributed by atoms with van der Waals surface area (Å²) in [5.74, 6) is -1.24. The molecule has 114 valence electrons. The minimum absolute atomic E-state index is 0.0297. The van der Waals surface area contributed by atoms with Crippen molar-refractivity contribution in [2.75, 3.05) is 0 Å². The molecule has 0 aliphatic carbocycles. The van der Waals surface area contributed by atoms with Gasteiger partial charge in [-0.2, -0.15) is 18.3 Å². The minimum atomic E-state index is -4.89. The van der Waals surface area contributed by atoms with Gasteiger partial charge in [-0.1, -0.05) is 0 Å². The van der Waals surface area contributed by atoms with Gasteiger partial charge in [0.05, 0.1) is 6.20 Å². The van der Waals surface area contributed by atoms with Crippen molar-refractivity contribution in [3.8, 4) is 5.69 Å². The summed E-state index contributed by atoms with van der Waals surface area (Å²) in [4.78, 5) is 15.0. The fourth-order valence-corrected chi connectivity index (χ4v) is 2.17. The van der Waals surface area contributed by atoms with Gasteiger partial charge in [0.2, 0.25) is 0 Å². The third kappa shape index (κ3) is 2.10. The van der Waals surface area contributed by atoms with Crippen molar-refractivity contribution < 1.29 is 27.5 Å². The van der Waals surface area contributed by atoms with Crippen molar-refractivity contribution in [2.24, 2.45) is 0 Å². The van der Waals surface area contributed by atoms with Gasteiger partial charge in [-0.3, -0.25) is 4.98 Å². The molecular formula is C13H8F3N3O3. The molecule has 0 aliphatic heterocycles. The van der Waals surface area contributed by atoms with Gasteiger partial charge in [0.1, 0.15) is 22.5 Å². The topological polar surface area (TPSA) is 81.2 Å². The molecule has 0 aromatic carbocycles. The first kappa shape index (κ1) is 14.1. The van der Waals surface area contributed by atoms with Crippen LogP contribution in [0.5, 0.6) is 0 Å². The molecule has 6 nitrogen and oxygen atoms in total. The van der Waals surface area contributed by atoms with Gasteiger partial charge >= 0.3 is 12.1 Å². The molecule has 0 saturated carbocycles. The molecule has 0 amide bonds. The summed E-state index contributed by atoms with van der Waals surface area (Å²) in [6.45, 7) is 1.63. The average molecular weight is 311 g/mol. The van der Waals surface area contributed by atoms with E-state index >= 15 is 0 Å². The lowest BCUT2D eigenvalue weighted by atomic mass is 10.2. The Morgan fingerprint density at radius 2 is 2.14 bits per heavy atom. The highest BCUT2D eigenvalue weighted by Crippen LogP contribution is 2.35. The fraction of sp³-hybridized carbons (Fsp3) is 0.154. The van der Waals surface area contributed by atoms with Crippen LogP contribution in [0.15, 0.2) is 28.9 Å². The van der Waals surface area contributed by atoms with Gasteiger partial charge in [0.25, 0.3) is 0 Å². The normalized spacial score (nSPS) is 12.0. The van der Waals surface area contributed by atoms with Gasteiger partial charge in [-0.15, -0.1) is 0 Å². The molecular weight excluding hydrogens is 303 g/mol. The minimum Gasteiger partial charge on any atom is -0.478 e. The van der Waals surface area contributed by atoms with Crippen LogP contribution in [0, 0.1) is 6.92 Å². The zero-order valence-corrected chi connectivity index (χ0v) is 11.0. The van der Waals surface area contributed by atoms with Crippen LogP contribution in [0.4, 0.5) is 13.2 Å². The summed E-state index contributed by atoms with van der Waals surface area (Å²) in [7, 11) is 0. The van der Waals surface area contributed by atoms with Gasteiger partial charge < -0.3 is 9.52 Å². The number of hydrogen-bond acceptors (Lipinski definition) is 4. The molecule has 1 N–H and O–H groups in total. The summed E-state index contributed by atoms with van der Waals surface area (Å²) in [5.41, 5.74) is -1.87. The molecule has 0 atom stereocenters. The monoisotopic (exact) mass is 311 g/mol. The Morgan fingerprint density at radius 3 is 2.77 bits per heavy atom. The number of aromatic nitrogens is 3. The van der Waals surface area contributed by atoms with Crippen LogP contribution < -0.4 is 0 Å². The summed E-state index contributed by atoms with van der Waals surface area (Å²) < 4.78 is 45.5. The molecule has 3 aromatic heterocycles. The number of hydrogen-bond donors (Lipinski definition) is 1. The van der Waals surface area contributed by atoms with E-state index in [2.05, 4.69) is 10.1 Å². The highest BCUT2D eigenvalue weighted by atomic mass is 19.4. The maximum Gasteiger partial charge on any atom is 0.434 e. The first-order chi connectivity index (χ1) is 10.3. The maximum atomic E-state index is 13.2. The number of aromatic carboxylic acids is 1. The van der Waals surface area contributed by atoms with E-state index in [0.717, 1.165) is 0 Å². The third-order valence-corrected chi connectivity index (χ3v) is 3.01. The van der Waals surface area contributed by atoms with Gasteiger partial charge in [0.15, 0.2) is 11.3 Å². The van der Waals surface area contributed by atoms with E-state index in [9.17, 15) is 18.0 Å². The third-order valence-electron chi connectivity index (χ3n) is 3.01. The Balaban J connectivity index is 2.34. The standard InChI is InChI=1S/C13H8F3N3O3/c1-6-4-8-10(22-6)9(2-3-17-8)19-11(13(14,15)16)7(5-18-19)12(20)21/h2-5H,1H3,(H,20,21). The molecule has 0 fully saturated rings. The van der Waals surface area contributed by atoms with Crippen LogP contribution in [0.25, 0.3) is 16.8 Å². The molecule has 3 aromatic rings. The second kappa shape index (κ2) is 4.58. The lowest BCUT2D eigenvalue weighted by Gasteiger charge is -2.11. The zero-order valence-electron chi connectivity index (χ0n) is 11.0. The lowest BCUT2D eigenvalue weighted by Crippen LogP contribution is -2.17. The predicted octanol–water partition coefficient (Wildman–Crippen LogP) is 3.04. The number of furan rings is 1. The number of pyridine rings is 1. The van der Waals surface area contributed by atoms with Crippen molar-refractivity contribution >= 4 is 17.1 Å². The Bertz CT molecular complexity index is 880. The summed E-state index contributed by atoms with van der Waals surface area (Å²) in [6.07, 6.45) is -2.93. The van der Waals surface area contributed by atoms with E-state index in [1.54, 1.807) is 13.0 Å². The van der Waals surface area contributed by atoms with Crippen molar-refractivity contribution in [3.63, 3.8) is 0 Å². The highest BCUT2D eigenvalue weighted by Gasteiger charge is 2.41. The first-order valence-electron chi connectivity index (χ1n) is 6.03. The van der Waals surface area contributed by atoms with E-state index in [1.807, 2.05) is 0 Å². The van der Waals surface area contributed by atoms with Gasteiger partial charge in [-0.25, -0.2) is 9.48 Å². The van der Waals surface area contributed by atoms with Crippen LogP contribution >= 0.6 is 0 Å². The van der Waals surface area contributed by atoms with Crippen LogP contribution in [0.1, 0.15) is 21.8 Å². The Morgan fingerprint density at radius 1 is 1.41 bits per heavy atom. The number of fused-ring (bicyclic) bond motifs is 1.